The van der Waals surface area contributed by atoms with Crippen LogP contribution in [0.4, 0.5) is 4.39 Å². The molecule has 2 aromatic rings. The van der Waals surface area contributed by atoms with Crippen molar-refractivity contribution in [1.82, 2.24) is 4.98 Å². The highest BCUT2D eigenvalue weighted by molar-refractivity contribution is 9.10. The van der Waals surface area contributed by atoms with Gasteiger partial charge in [0.25, 0.3) is 0 Å². The van der Waals surface area contributed by atoms with Gasteiger partial charge in [-0.25, -0.2) is 9.37 Å². The van der Waals surface area contributed by atoms with E-state index in [2.05, 4.69) is 20.9 Å². The normalized spacial score (nSPS) is 11.0. The molecule has 0 N–H and O–H groups in total. The Bertz CT molecular complexity index is 413. The lowest BCUT2D eigenvalue weighted by molar-refractivity contribution is 0.637. The monoisotopic (exact) mass is 259 g/mol. The van der Waals surface area contributed by atoms with E-state index < -0.39 is 0 Å². The standard InChI is InChI=1S/C9H7BrFNS/c1-2-7-12-8-6(11)4-3-5(10)9(8)13-7/h3-4H,2H2,1H3. The van der Waals surface area contributed by atoms with Crippen molar-refractivity contribution in [1.29, 1.82) is 0 Å². The summed E-state index contributed by atoms with van der Waals surface area (Å²) >= 11 is 4.92. The van der Waals surface area contributed by atoms with Crippen LogP contribution in [-0.2, 0) is 6.42 Å². The van der Waals surface area contributed by atoms with Crippen LogP contribution in [0.25, 0.3) is 10.2 Å². The van der Waals surface area contributed by atoms with E-state index in [1.165, 1.54) is 6.07 Å². The molecule has 0 radical (unpaired) electrons. The summed E-state index contributed by atoms with van der Waals surface area (Å²) < 4.78 is 15.1. The molecule has 0 aliphatic carbocycles. The average Bonchev–Trinajstić information content (AvgIpc) is 2.56. The van der Waals surface area contributed by atoms with Crippen molar-refractivity contribution in [3.05, 3.63) is 27.4 Å². The van der Waals surface area contributed by atoms with Crippen molar-refractivity contribution < 1.29 is 4.39 Å². The molecule has 0 fully saturated rings. The minimum Gasteiger partial charge on any atom is -0.238 e. The molecule has 0 atom stereocenters. The molecule has 0 spiro atoms. The minimum atomic E-state index is -0.242. The second kappa shape index (κ2) is 3.35. The number of hydrogen-bond acceptors (Lipinski definition) is 2. The quantitative estimate of drug-likeness (QED) is 0.760. The van der Waals surface area contributed by atoms with Crippen LogP contribution in [0, 0.1) is 5.82 Å². The van der Waals surface area contributed by atoms with Gasteiger partial charge in [-0.1, -0.05) is 6.92 Å². The molecule has 1 aromatic heterocycles. The van der Waals surface area contributed by atoms with Crippen molar-refractivity contribution in [2.75, 3.05) is 0 Å². The lowest BCUT2D eigenvalue weighted by atomic mass is 10.3. The molecule has 0 amide bonds. The SMILES string of the molecule is CCc1nc2c(F)ccc(Br)c2s1. The lowest BCUT2D eigenvalue weighted by Gasteiger charge is -1.91. The number of fused-ring (bicyclic) bond motifs is 1. The highest BCUT2D eigenvalue weighted by Gasteiger charge is 2.09. The number of aromatic nitrogens is 1. The molecule has 68 valence electrons. The maximum absolute atomic E-state index is 13.2. The van der Waals surface area contributed by atoms with Crippen LogP contribution in [0.1, 0.15) is 11.9 Å². The molecule has 0 saturated heterocycles. The van der Waals surface area contributed by atoms with Gasteiger partial charge in [0.1, 0.15) is 11.3 Å². The average molecular weight is 260 g/mol. The van der Waals surface area contributed by atoms with Crippen LogP contribution in [0.5, 0.6) is 0 Å². The molecule has 0 aliphatic rings. The maximum Gasteiger partial charge on any atom is 0.150 e. The number of rotatable bonds is 1. The van der Waals surface area contributed by atoms with Crippen molar-refractivity contribution in [3.8, 4) is 0 Å². The second-order valence-corrected chi connectivity index (χ2v) is 4.61. The number of benzene rings is 1. The third-order valence-corrected chi connectivity index (χ3v) is 3.95. The van der Waals surface area contributed by atoms with Crippen LogP contribution in [0.3, 0.4) is 0 Å². The van der Waals surface area contributed by atoms with E-state index in [-0.39, 0.29) is 5.82 Å². The fourth-order valence-corrected chi connectivity index (χ4v) is 2.63. The van der Waals surface area contributed by atoms with Crippen LogP contribution in [0.15, 0.2) is 16.6 Å². The highest BCUT2D eigenvalue weighted by Crippen LogP contribution is 2.31. The third kappa shape index (κ3) is 1.48. The Morgan fingerprint density at radius 2 is 2.31 bits per heavy atom. The number of aryl methyl sites for hydroxylation is 1. The number of hydrogen-bond donors (Lipinski definition) is 0. The van der Waals surface area contributed by atoms with Crippen molar-refractivity contribution in [2.24, 2.45) is 0 Å². The number of thiazole rings is 1. The zero-order valence-electron chi connectivity index (χ0n) is 6.97. The first-order chi connectivity index (χ1) is 6.22. The summed E-state index contributed by atoms with van der Waals surface area (Å²) in [5.41, 5.74) is 0.483. The van der Waals surface area contributed by atoms with Gasteiger partial charge >= 0.3 is 0 Å². The van der Waals surface area contributed by atoms with E-state index in [9.17, 15) is 4.39 Å². The van der Waals surface area contributed by atoms with Crippen LogP contribution >= 0.6 is 27.3 Å². The first-order valence-electron chi connectivity index (χ1n) is 3.95. The topological polar surface area (TPSA) is 12.9 Å². The third-order valence-electron chi connectivity index (χ3n) is 1.79. The summed E-state index contributed by atoms with van der Waals surface area (Å²) in [6.07, 6.45) is 0.852. The zero-order chi connectivity index (χ0) is 9.42. The van der Waals surface area contributed by atoms with Gasteiger partial charge in [-0.3, -0.25) is 0 Å². The fourth-order valence-electron chi connectivity index (χ4n) is 1.14. The highest BCUT2D eigenvalue weighted by atomic mass is 79.9. The molecule has 1 aromatic carbocycles. The van der Waals surface area contributed by atoms with Gasteiger partial charge < -0.3 is 0 Å². The predicted molar refractivity (Wildman–Crippen MR) is 56.7 cm³/mol. The molecule has 13 heavy (non-hydrogen) atoms. The molecule has 2 rings (SSSR count). The predicted octanol–water partition coefficient (Wildman–Crippen LogP) is 3.76. The minimum absolute atomic E-state index is 0.242. The molecule has 0 aliphatic heterocycles. The summed E-state index contributed by atoms with van der Waals surface area (Å²) in [5.74, 6) is -0.242. The van der Waals surface area contributed by atoms with Crippen LogP contribution < -0.4 is 0 Å². The molecule has 0 saturated carbocycles. The van der Waals surface area contributed by atoms with Gasteiger partial charge in [0, 0.05) is 4.47 Å². The summed E-state index contributed by atoms with van der Waals surface area (Å²) in [4.78, 5) is 4.21. The Morgan fingerprint density at radius 3 is 2.92 bits per heavy atom. The maximum atomic E-state index is 13.2. The van der Waals surface area contributed by atoms with Gasteiger partial charge in [0.05, 0.1) is 9.71 Å². The second-order valence-electron chi connectivity index (χ2n) is 2.67. The van der Waals surface area contributed by atoms with Crippen LogP contribution in [0.2, 0.25) is 0 Å². The first-order valence-corrected chi connectivity index (χ1v) is 5.56. The van der Waals surface area contributed by atoms with Gasteiger partial charge in [0.2, 0.25) is 0 Å². The molecule has 0 unspecified atom stereocenters. The van der Waals surface area contributed by atoms with Crippen LogP contribution in [-0.4, -0.2) is 4.98 Å². The largest absolute Gasteiger partial charge is 0.238 e. The van der Waals surface area contributed by atoms with Gasteiger partial charge in [-0.15, -0.1) is 11.3 Å². The number of nitrogens with zero attached hydrogens (tertiary/aromatic N) is 1. The lowest BCUT2D eigenvalue weighted by Crippen LogP contribution is -1.79. The Labute approximate surface area is 87.7 Å². The van der Waals surface area contributed by atoms with Crippen molar-refractivity contribution in [2.45, 2.75) is 13.3 Å². The Balaban J connectivity index is 2.80. The van der Waals surface area contributed by atoms with Crippen molar-refractivity contribution >= 4 is 37.5 Å². The Hall–Kier alpha value is -0.480. The van der Waals surface area contributed by atoms with Crippen molar-refractivity contribution in [3.63, 3.8) is 0 Å². The van der Waals surface area contributed by atoms with Gasteiger partial charge in [0.15, 0.2) is 0 Å². The first kappa shape index (κ1) is 9.09. The van der Waals surface area contributed by atoms with E-state index in [0.29, 0.717) is 5.52 Å². The van der Waals surface area contributed by atoms with E-state index in [1.807, 2.05) is 6.92 Å². The Morgan fingerprint density at radius 1 is 1.54 bits per heavy atom. The summed E-state index contributed by atoms with van der Waals surface area (Å²) in [6.45, 7) is 2.02. The van der Waals surface area contributed by atoms with E-state index in [0.717, 1.165) is 20.6 Å². The molecule has 1 heterocycles. The van der Waals surface area contributed by atoms with Gasteiger partial charge in [-0.2, -0.15) is 0 Å². The van der Waals surface area contributed by atoms with E-state index in [1.54, 1.807) is 17.4 Å². The summed E-state index contributed by atoms with van der Waals surface area (Å²) in [7, 11) is 0. The molecule has 4 heteroatoms. The summed E-state index contributed by atoms with van der Waals surface area (Å²) in [6, 6.07) is 3.15. The fraction of sp³-hybridized carbons (Fsp3) is 0.222. The molecular weight excluding hydrogens is 253 g/mol. The molecule has 0 bridgehead atoms. The van der Waals surface area contributed by atoms with Gasteiger partial charge in [-0.05, 0) is 34.5 Å². The summed E-state index contributed by atoms with van der Waals surface area (Å²) in [5, 5.41) is 0.973. The smallest absolute Gasteiger partial charge is 0.150 e. The zero-order valence-corrected chi connectivity index (χ0v) is 9.38. The van der Waals surface area contributed by atoms with E-state index >= 15 is 0 Å². The Kier molecular flexibility index (Phi) is 2.34. The number of halogens is 2. The molecular formula is C9H7BrFNS. The van der Waals surface area contributed by atoms with E-state index in [4.69, 9.17) is 0 Å². The molecule has 1 nitrogen and oxygen atoms in total.